The minimum absolute atomic E-state index is 0.551. The van der Waals surface area contributed by atoms with Crippen molar-refractivity contribution in [2.75, 3.05) is 5.32 Å². The molecule has 4 heteroatoms. The number of nitrogens with zero attached hydrogens (tertiary/aromatic N) is 2. The molecular formula is C13H13N3O. The topological polar surface area (TPSA) is 61.9 Å². The molecule has 0 spiro atoms. The maximum Gasteiger partial charge on any atom is 0.133 e. The highest BCUT2D eigenvalue weighted by Crippen LogP contribution is 2.17. The van der Waals surface area contributed by atoms with Gasteiger partial charge in [-0.1, -0.05) is 11.2 Å². The zero-order chi connectivity index (χ0) is 12.3. The summed E-state index contributed by atoms with van der Waals surface area (Å²) < 4.78 is 4.98. The number of hydrogen-bond donors (Lipinski definition) is 1. The molecule has 0 bridgehead atoms. The maximum atomic E-state index is 8.99. The molecule has 2 rings (SSSR count). The number of aryl methyl sites for hydroxylation is 2. The van der Waals surface area contributed by atoms with Gasteiger partial charge in [-0.05, 0) is 31.5 Å². The zero-order valence-electron chi connectivity index (χ0n) is 9.82. The zero-order valence-corrected chi connectivity index (χ0v) is 9.82. The summed E-state index contributed by atoms with van der Waals surface area (Å²) in [6.45, 7) is 4.39. The van der Waals surface area contributed by atoms with E-state index in [9.17, 15) is 0 Å². The number of aromatic nitrogens is 1. The van der Waals surface area contributed by atoms with E-state index in [1.807, 2.05) is 38.1 Å². The van der Waals surface area contributed by atoms with Gasteiger partial charge in [0.2, 0.25) is 0 Å². The van der Waals surface area contributed by atoms with Crippen molar-refractivity contribution in [3.8, 4) is 6.07 Å². The van der Waals surface area contributed by atoms with Crippen LogP contribution in [0, 0.1) is 25.2 Å². The van der Waals surface area contributed by atoms with Gasteiger partial charge in [-0.2, -0.15) is 5.26 Å². The maximum absolute atomic E-state index is 8.99. The van der Waals surface area contributed by atoms with Gasteiger partial charge in [0.05, 0.1) is 17.8 Å². The number of hydrogen-bond acceptors (Lipinski definition) is 4. The Hall–Kier alpha value is -2.28. The van der Waals surface area contributed by atoms with Crippen molar-refractivity contribution < 1.29 is 4.52 Å². The molecule has 2 aromatic rings. The van der Waals surface area contributed by atoms with Crippen LogP contribution in [0.4, 0.5) is 5.69 Å². The van der Waals surface area contributed by atoms with Crippen molar-refractivity contribution in [1.29, 1.82) is 5.26 Å². The summed E-state index contributed by atoms with van der Waals surface area (Å²) in [5, 5.41) is 16.1. The molecule has 1 heterocycles. The molecule has 0 amide bonds. The summed E-state index contributed by atoms with van der Waals surface area (Å²) in [6, 6.07) is 9.71. The first-order chi connectivity index (χ1) is 8.19. The fourth-order valence-corrected chi connectivity index (χ4v) is 1.59. The van der Waals surface area contributed by atoms with Crippen LogP contribution < -0.4 is 5.32 Å². The average Bonchev–Trinajstić information content (AvgIpc) is 2.73. The van der Waals surface area contributed by atoms with Gasteiger partial charge in [0.25, 0.3) is 0 Å². The van der Waals surface area contributed by atoms with Gasteiger partial charge in [0.1, 0.15) is 17.5 Å². The van der Waals surface area contributed by atoms with Crippen molar-refractivity contribution >= 4 is 5.69 Å². The first kappa shape index (κ1) is 11.2. The lowest BCUT2D eigenvalue weighted by Gasteiger charge is -2.07. The molecule has 0 aliphatic carbocycles. The molecule has 0 unspecified atom stereocenters. The summed E-state index contributed by atoms with van der Waals surface area (Å²) in [4.78, 5) is 0. The van der Waals surface area contributed by atoms with Crippen molar-refractivity contribution in [2.45, 2.75) is 20.4 Å². The second-order valence-corrected chi connectivity index (χ2v) is 3.94. The minimum atomic E-state index is 0.551. The van der Waals surface area contributed by atoms with E-state index in [2.05, 4.69) is 16.5 Å². The summed E-state index contributed by atoms with van der Waals surface area (Å²) in [6.07, 6.45) is 0. The van der Waals surface area contributed by atoms with Crippen molar-refractivity contribution in [1.82, 2.24) is 5.16 Å². The van der Waals surface area contributed by atoms with Crippen LogP contribution in [0.5, 0.6) is 0 Å². The van der Waals surface area contributed by atoms with Gasteiger partial charge in [-0.3, -0.25) is 0 Å². The lowest BCUT2D eigenvalue weighted by Crippen LogP contribution is -2.01. The molecule has 0 saturated carbocycles. The van der Waals surface area contributed by atoms with E-state index >= 15 is 0 Å². The van der Waals surface area contributed by atoms with Crippen molar-refractivity contribution in [3.05, 3.63) is 46.8 Å². The van der Waals surface area contributed by atoms with Crippen LogP contribution in [0.2, 0.25) is 0 Å². The molecule has 0 aliphatic heterocycles. The van der Waals surface area contributed by atoms with Gasteiger partial charge in [0.15, 0.2) is 0 Å². The molecule has 0 atom stereocenters. The Morgan fingerprint density at radius 3 is 2.82 bits per heavy atom. The van der Waals surface area contributed by atoms with E-state index < -0.39 is 0 Å². The average molecular weight is 227 g/mol. The van der Waals surface area contributed by atoms with E-state index in [-0.39, 0.29) is 0 Å². The fraction of sp³-hybridized carbons (Fsp3) is 0.231. The monoisotopic (exact) mass is 227 g/mol. The molecule has 0 saturated heterocycles. The molecule has 0 radical (unpaired) electrons. The predicted molar refractivity (Wildman–Crippen MR) is 64.5 cm³/mol. The van der Waals surface area contributed by atoms with Gasteiger partial charge in [-0.15, -0.1) is 0 Å². The Bertz CT molecular complexity index is 566. The fourth-order valence-electron chi connectivity index (χ4n) is 1.59. The second-order valence-electron chi connectivity index (χ2n) is 3.94. The molecule has 4 nitrogen and oxygen atoms in total. The van der Waals surface area contributed by atoms with Crippen molar-refractivity contribution in [2.24, 2.45) is 0 Å². The Kier molecular flexibility index (Phi) is 3.10. The van der Waals surface area contributed by atoms with Crippen molar-refractivity contribution in [3.63, 3.8) is 0 Å². The SMILES string of the molecule is Cc1ccc(C#N)c(NCc2cc(C)on2)c1. The number of nitriles is 1. The molecule has 1 aromatic heterocycles. The van der Waals surface area contributed by atoms with E-state index in [1.54, 1.807) is 0 Å². The third-order valence-electron chi connectivity index (χ3n) is 2.43. The standard InChI is InChI=1S/C13H13N3O/c1-9-3-4-11(7-14)13(5-9)15-8-12-6-10(2)17-16-12/h3-6,15H,8H2,1-2H3. The van der Waals surface area contributed by atoms with Gasteiger partial charge >= 0.3 is 0 Å². The summed E-state index contributed by atoms with van der Waals surface area (Å²) in [7, 11) is 0. The van der Waals surface area contributed by atoms with E-state index in [0.717, 1.165) is 22.7 Å². The Balaban J connectivity index is 2.13. The Labute approximate surface area is 99.9 Å². The quantitative estimate of drug-likeness (QED) is 0.875. The van der Waals surface area contributed by atoms with Crippen LogP contribution in [-0.4, -0.2) is 5.16 Å². The molecular weight excluding hydrogens is 214 g/mol. The van der Waals surface area contributed by atoms with Crippen LogP contribution >= 0.6 is 0 Å². The first-order valence-corrected chi connectivity index (χ1v) is 5.36. The lowest BCUT2D eigenvalue weighted by atomic mass is 10.1. The normalized spacial score (nSPS) is 9.94. The van der Waals surface area contributed by atoms with Crippen LogP contribution in [0.3, 0.4) is 0 Å². The molecule has 1 N–H and O–H groups in total. The van der Waals surface area contributed by atoms with Crippen LogP contribution in [0.15, 0.2) is 28.8 Å². The highest BCUT2D eigenvalue weighted by molar-refractivity contribution is 5.58. The smallest absolute Gasteiger partial charge is 0.133 e. The third-order valence-corrected chi connectivity index (χ3v) is 2.43. The summed E-state index contributed by atoms with van der Waals surface area (Å²) in [5.74, 6) is 0.784. The first-order valence-electron chi connectivity index (χ1n) is 5.36. The molecule has 17 heavy (non-hydrogen) atoms. The number of rotatable bonds is 3. The molecule has 0 fully saturated rings. The molecule has 0 aliphatic rings. The number of nitrogens with one attached hydrogen (secondary N) is 1. The minimum Gasteiger partial charge on any atom is -0.378 e. The summed E-state index contributed by atoms with van der Waals surface area (Å²) >= 11 is 0. The number of anilines is 1. The van der Waals surface area contributed by atoms with E-state index in [4.69, 9.17) is 9.78 Å². The van der Waals surface area contributed by atoms with Gasteiger partial charge < -0.3 is 9.84 Å². The van der Waals surface area contributed by atoms with Crippen LogP contribution in [0.1, 0.15) is 22.6 Å². The Morgan fingerprint density at radius 2 is 2.18 bits per heavy atom. The third kappa shape index (κ3) is 2.64. The lowest BCUT2D eigenvalue weighted by molar-refractivity contribution is 0.391. The van der Waals surface area contributed by atoms with E-state index in [0.29, 0.717) is 12.1 Å². The predicted octanol–water partition coefficient (Wildman–Crippen LogP) is 2.78. The van der Waals surface area contributed by atoms with Crippen LogP contribution in [0.25, 0.3) is 0 Å². The largest absolute Gasteiger partial charge is 0.378 e. The van der Waals surface area contributed by atoms with E-state index in [1.165, 1.54) is 0 Å². The summed E-state index contributed by atoms with van der Waals surface area (Å²) in [5.41, 5.74) is 3.40. The Morgan fingerprint density at radius 1 is 1.35 bits per heavy atom. The highest BCUT2D eigenvalue weighted by atomic mass is 16.5. The highest BCUT2D eigenvalue weighted by Gasteiger charge is 2.04. The second kappa shape index (κ2) is 4.71. The molecule has 86 valence electrons. The van der Waals surface area contributed by atoms with Gasteiger partial charge in [-0.25, -0.2) is 0 Å². The number of benzene rings is 1. The van der Waals surface area contributed by atoms with Crippen LogP contribution in [-0.2, 0) is 6.54 Å². The molecule has 1 aromatic carbocycles. The van der Waals surface area contributed by atoms with Gasteiger partial charge in [0, 0.05) is 6.07 Å².